The van der Waals surface area contributed by atoms with Crippen molar-refractivity contribution < 1.29 is 0 Å². The molecule has 78 valence electrons. The standard InChI is InChI=1S/C12H14N2S/c1-2-11-4-3-6-13-12(11)14-8-10-5-7-15-9-10/h3-7,9H,2,8H2,1H3,(H,13,14). The lowest BCUT2D eigenvalue weighted by atomic mass is 10.2. The average molecular weight is 218 g/mol. The molecule has 0 amide bonds. The van der Waals surface area contributed by atoms with E-state index in [4.69, 9.17) is 0 Å². The molecule has 0 aliphatic rings. The first kappa shape index (κ1) is 10.2. The van der Waals surface area contributed by atoms with Gasteiger partial charge in [-0.05, 0) is 40.4 Å². The zero-order chi connectivity index (χ0) is 10.5. The number of aryl methyl sites for hydroxylation is 1. The molecule has 0 bridgehead atoms. The summed E-state index contributed by atoms with van der Waals surface area (Å²) in [5.41, 5.74) is 2.58. The molecule has 2 nitrogen and oxygen atoms in total. The second kappa shape index (κ2) is 4.94. The fourth-order valence-electron chi connectivity index (χ4n) is 1.46. The minimum absolute atomic E-state index is 0.855. The van der Waals surface area contributed by atoms with E-state index in [-0.39, 0.29) is 0 Å². The summed E-state index contributed by atoms with van der Waals surface area (Å²) in [7, 11) is 0. The Hall–Kier alpha value is -1.35. The van der Waals surface area contributed by atoms with Crippen molar-refractivity contribution in [2.45, 2.75) is 19.9 Å². The monoisotopic (exact) mass is 218 g/mol. The maximum atomic E-state index is 4.34. The van der Waals surface area contributed by atoms with E-state index in [1.807, 2.05) is 12.3 Å². The molecule has 3 heteroatoms. The quantitative estimate of drug-likeness (QED) is 0.851. The van der Waals surface area contributed by atoms with Crippen LogP contribution in [0.15, 0.2) is 35.2 Å². The molecule has 2 rings (SSSR count). The van der Waals surface area contributed by atoms with Gasteiger partial charge in [0.05, 0.1) is 0 Å². The van der Waals surface area contributed by atoms with Gasteiger partial charge in [-0.2, -0.15) is 11.3 Å². The summed E-state index contributed by atoms with van der Waals surface area (Å²) in [5.74, 6) is 1.01. The summed E-state index contributed by atoms with van der Waals surface area (Å²) in [4.78, 5) is 4.34. The number of rotatable bonds is 4. The van der Waals surface area contributed by atoms with Gasteiger partial charge in [-0.1, -0.05) is 13.0 Å². The maximum absolute atomic E-state index is 4.34. The zero-order valence-electron chi connectivity index (χ0n) is 8.73. The molecule has 0 spiro atoms. The van der Waals surface area contributed by atoms with E-state index in [1.165, 1.54) is 11.1 Å². The van der Waals surface area contributed by atoms with Crippen LogP contribution in [0.3, 0.4) is 0 Å². The number of hydrogen-bond donors (Lipinski definition) is 1. The highest BCUT2D eigenvalue weighted by atomic mass is 32.1. The Morgan fingerprint density at radius 1 is 1.40 bits per heavy atom. The van der Waals surface area contributed by atoms with Gasteiger partial charge in [0.2, 0.25) is 0 Å². The van der Waals surface area contributed by atoms with Gasteiger partial charge < -0.3 is 5.32 Å². The highest BCUT2D eigenvalue weighted by Crippen LogP contribution is 2.14. The van der Waals surface area contributed by atoms with E-state index in [0.717, 1.165) is 18.8 Å². The van der Waals surface area contributed by atoms with Crippen LogP contribution in [0.1, 0.15) is 18.1 Å². The molecule has 0 unspecified atom stereocenters. The van der Waals surface area contributed by atoms with Gasteiger partial charge in [0, 0.05) is 12.7 Å². The Kier molecular flexibility index (Phi) is 3.35. The fraction of sp³-hybridized carbons (Fsp3) is 0.250. The van der Waals surface area contributed by atoms with Crippen molar-refractivity contribution >= 4 is 17.2 Å². The minimum Gasteiger partial charge on any atom is -0.366 e. The summed E-state index contributed by atoms with van der Waals surface area (Å²) in [6.07, 6.45) is 2.84. The van der Waals surface area contributed by atoms with Crippen LogP contribution in [0.25, 0.3) is 0 Å². The lowest BCUT2D eigenvalue weighted by molar-refractivity contribution is 1.05. The first-order valence-electron chi connectivity index (χ1n) is 5.09. The van der Waals surface area contributed by atoms with Gasteiger partial charge in [-0.15, -0.1) is 0 Å². The maximum Gasteiger partial charge on any atom is 0.129 e. The Morgan fingerprint density at radius 3 is 3.07 bits per heavy atom. The molecular formula is C12H14N2S. The number of pyridine rings is 1. The highest BCUT2D eigenvalue weighted by molar-refractivity contribution is 7.07. The first-order chi connectivity index (χ1) is 7.40. The molecule has 0 aromatic carbocycles. The topological polar surface area (TPSA) is 24.9 Å². The van der Waals surface area contributed by atoms with Crippen LogP contribution < -0.4 is 5.32 Å². The number of nitrogens with zero attached hydrogens (tertiary/aromatic N) is 1. The van der Waals surface area contributed by atoms with E-state index >= 15 is 0 Å². The largest absolute Gasteiger partial charge is 0.366 e. The Balaban J connectivity index is 2.04. The predicted octanol–water partition coefficient (Wildman–Crippen LogP) is 3.32. The molecular weight excluding hydrogens is 204 g/mol. The van der Waals surface area contributed by atoms with E-state index in [1.54, 1.807) is 11.3 Å². The summed E-state index contributed by atoms with van der Waals surface area (Å²) in [5, 5.41) is 7.61. The molecule has 2 heterocycles. The molecule has 2 aromatic rings. The van der Waals surface area contributed by atoms with Gasteiger partial charge in [0.1, 0.15) is 5.82 Å². The summed E-state index contributed by atoms with van der Waals surface area (Å²) in [6, 6.07) is 6.23. The Bertz CT molecular complexity index is 409. The normalized spacial score (nSPS) is 10.2. The number of anilines is 1. The fourth-order valence-corrected chi connectivity index (χ4v) is 2.13. The van der Waals surface area contributed by atoms with E-state index in [0.29, 0.717) is 0 Å². The van der Waals surface area contributed by atoms with Crippen LogP contribution in [0, 0.1) is 0 Å². The van der Waals surface area contributed by atoms with Crippen molar-refractivity contribution in [1.82, 2.24) is 4.98 Å². The molecule has 0 atom stereocenters. The van der Waals surface area contributed by atoms with Crippen LogP contribution in [0.5, 0.6) is 0 Å². The molecule has 1 N–H and O–H groups in total. The van der Waals surface area contributed by atoms with E-state index in [2.05, 4.69) is 40.1 Å². The van der Waals surface area contributed by atoms with Crippen LogP contribution in [-0.4, -0.2) is 4.98 Å². The van der Waals surface area contributed by atoms with Gasteiger partial charge in [-0.3, -0.25) is 0 Å². The third-order valence-electron chi connectivity index (χ3n) is 2.31. The molecule has 0 aliphatic heterocycles. The number of hydrogen-bond acceptors (Lipinski definition) is 3. The van der Waals surface area contributed by atoms with Gasteiger partial charge in [-0.25, -0.2) is 4.98 Å². The smallest absolute Gasteiger partial charge is 0.129 e. The van der Waals surface area contributed by atoms with Crippen molar-refractivity contribution in [3.05, 3.63) is 46.3 Å². The van der Waals surface area contributed by atoms with Crippen molar-refractivity contribution in [1.29, 1.82) is 0 Å². The molecule has 2 aromatic heterocycles. The van der Waals surface area contributed by atoms with Gasteiger partial charge in [0.15, 0.2) is 0 Å². The molecule has 0 aliphatic carbocycles. The van der Waals surface area contributed by atoms with Crippen molar-refractivity contribution in [3.8, 4) is 0 Å². The Morgan fingerprint density at radius 2 is 2.33 bits per heavy atom. The van der Waals surface area contributed by atoms with Crippen LogP contribution >= 0.6 is 11.3 Å². The first-order valence-corrected chi connectivity index (χ1v) is 6.03. The van der Waals surface area contributed by atoms with Crippen molar-refractivity contribution in [2.75, 3.05) is 5.32 Å². The van der Waals surface area contributed by atoms with Gasteiger partial charge in [0.25, 0.3) is 0 Å². The lowest BCUT2D eigenvalue weighted by Crippen LogP contribution is -2.03. The molecule has 0 saturated carbocycles. The van der Waals surface area contributed by atoms with Crippen molar-refractivity contribution in [2.24, 2.45) is 0 Å². The highest BCUT2D eigenvalue weighted by Gasteiger charge is 2.00. The van der Waals surface area contributed by atoms with Crippen LogP contribution in [0.2, 0.25) is 0 Å². The summed E-state index contributed by atoms with van der Waals surface area (Å²) in [6.45, 7) is 3.00. The van der Waals surface area contributed by atoms with Crippen molar-refractivity contribution in [3.63, 3.8) is 0 Å². The zero-order valence-corrected chi connectivity index (χ0v) is 9.55. The molecule has 15 heavy (non-hydrogen) atoms. The molecule has 0 fully saturated rings. The number of thiophene rings is 1. The SMILES string of the molecule is CCc1cccnc1NCc1ccsc1. The molecule has 0 saturated heterocycles. The number of nitrogens with one attached hydrogen (secondary N) is 1. The third-order valence-corrected chi connectivity index (χ3v) is 3.04. The second-order valence-electron chi connectivity index (χ2n) is 3.35. The summed E-state index contributed by atoms with van der Waals surface area (Å²) < 4.78 is 0. The van der Waals surface area contributed by atoms with Gasteiger partial charge >= 0.3 is 0 Å². The third kappa shape index (κ3) is 2.57. The summed E-state index contributed by atoms with van der Waals surface area (Å²) >= 11 is 1.72. The number of aromatic nitrogens is 1. The van der Waals surface area contributed by atoms with Crippen LogP contribution in [0.4, 0.5) is 5.82 Å². The second-order valence-corrected chi connectivity index (χ2v) is 4.13. The predicted molar refractivity (Wildman–Crippen MR) is 65.3 cm³/mol. The van der Waals surface area contributed by atoms with Crippen LogP contribution in [-0.2, 0) is 13.0 Å². The van der Waals surface area contributed by atoms with E-state index in [9.17, 15) is 0 Å². The lowest BCUT2D eigenvalue weighted by Gasteiger charge is -2.08. The van der Waals surface area contributed by atoms with E-state index < -0.39 is 0 Å². The molecule has 0 radical (unpaired) electrons. The average Bonchev–Trinajstić information content (AvgIpc) is 2.79. The minimum atomic E-state index is 0.855. The Labute approximate surface area is 94.0 Å².